The quantitative estimate of drug-likeness (QED) is 0.521. The fraction of sp³-hybridized carbons (Fsp3) is 0.667. The largest absolute Gasteiger partial charge is 0.462 e. The lowest BCUT2D eigenvalue weighted by atomic mass is 10.1. The van der Waals surface area contributed by atoms with Gasteiger partial charge in [0.2, 0.25) is 6.10 Å². The summed E-state index contributed by atoms with van der Waals surface area (Å²) in [7, 11) is 0. The van der Waals surface area contributed by atoms with Crippen LogP contribution < -0.4 is 0 Å². The summed E-state index contributed by atoms with van der Waals surface area (Å²) in [5.41, 5.74) is 0. The third kappa shape index (κ3) is 2.89. The van der Waals surface area contributed by atoms with E-state index in [1.165, 1.54) is 0 Å². The number of hydrogen-bond acceptors (Lipinski definition) is 6. The predicted octanol–water partition coefficient (Wildman–Crippen LogP) is 0.0419. The topological polar surface area (TPSA) is 78.9 Å². The van der Waals surface area contributed by atoms with Gasteiger partial charge < -0.3 is 14.2 Å². The number of carbonyl (C=O) groups excluding carboxylic acids is 3. The molecule has 2 atom stereocenters. The van der Waals surface area contributed by atoms with E-state index in [9.17, 15) is 23.2 Å². The predicted molar refractivity (Wildman–Crippen MR) is 47.0 cm³/mol. The van der Waals surface area contributed by atoms with Crippen LogP contribution in [0.15, 0.2) is 0 Å². The standard InChI is InChI=1S/C9H10F2O6/c1-4(12)15-3-6-7(16-5(2)13)9(10,11)8(14)17-6/h6-7H,3H2,1-2H3/t6-,7-/m1/s1. The zero-order valence-electron chi connectivity index (χ0n) is 9.07. The van der Waals surface area contributed by atoms with Crippen LogP contribution in [0.3, 0.4) is 0 Å². The summed E-state index contributed by atoms with van der Waals surface area (Å²) < 4.78 is 39.5. The van der Waals surface area contributed by atoms with Crippen molar-refractivity contribution in [3.8, 4) is 0 Å². The average molecular weight is 252 g/mol. The Morgan fingerprint density at radius 3 is 2.41 bits per heavy atom. The molecule has 0 unspecified atom stereocenters. The lowest BCUT2D eigenvalue weighted by molar-refractivity contribution is -0.172. The van der Waals surface area contributed by atoms with Gasteiger partial charge >= 0.3 is 23.8 Å². The number of esters is 3. The first-order valence-electron chi connectivity index (χ1n) is 4.64. The molecule has 1 rings (SSSR count). The smallest absolute Gasteiger partial charge is 0.382 e. The maximum Gasteiger partial charge on any atom is 0.382 e. The van der Waals surface area contributed by atoms with E-state index in [2.05, 4.69) is 14.2 Å². The van der Waals surface area contributed by atoms with Crippen molar-refractivity contribution in [2.24, 2.45) is 0 Å². The molecule has 0 aliphatic carbocycles. The van der Waals surface area contributed by atoms with Gasteiger partial charge in [-0.05, 0) is 0 Å². The van der Waals surface area contributed by atoms with E-state index in [0.717, 1.165) is 13.8 Å². The third-order valence-corrected chi connectivity index (χ3v) is 1.97. The Balaban J connectivity index is 2.78. The van der Waals surface area contributed by atoms with Crippen LogP contribution in [0.4, 0.5) is 8.78 Å². The average Bonchev–Trinajstić information content (AvgIpc) is 2.38. The first-order valence-corrected chi connectivity index (χ1v) is 4.64. The van der Waals surface area contributed by atoms with Crippen molar-refractivity contribution in [3.05, 3.63) is 0 Å². The normalized spacial score (nSPS) is 26.2. The number of rotatable bonds is 3. The van der Waals surface area contributed by atoms with Crippen LogP contribution in [0, 0.1) is 0 Å². The number of alkyl halides is 2. The molecule has 1 saturated heterocycles. The SMILES string of the molecule is CC(=O)OC[C@H]1OC(=O)C(F)(F)[C@@H]1OC(C)=O. The molecule has 0 N–H and O–H groups in total. The first kappa shape index (κ1) is 13.3. The molecule has 1 fully saturated rings. The first-order chi connectivity index (χ1) is 7.75. The number of halogens is 2. The van der Waals surface area contributed by atoms with Gasteiger partial charge in [0.1, 0.15) is 6.61 Å². The molecule has 0 aromatic heterocycles. The molecule has 0 bridgehead atoms. The third-order valence-electron chi connectivity index (χ3n) is 1.97. The van der Waals surface area contributed by atoms with Crippen molar-refractivity contribution in [1.82, 2.24) is 0 Å². The molecular weight excluding hydrogens is 242 g/mol. The number of hydrogen-bond donors (Lipinski definition) is 0. The Morgan fingerprint density at radius 1 is 1.35 bits per heavy atom. The van der Waals surface area contributed by atoms with Gasteiger partial charge in [0, 0.05) is 13.8 Å². The summed E-state index contributed by atoms with van der Waals surface area (Å²) in [5.74, 6) is -7.45. The van der Waals surface area contributed by atoms with E-state index in [1.54, 1.807) is 0 Å². The summed E-state index contributed by atoms with van der Waals surface area (Å²) in [6.07, 6.45) is -3.57. The van der Waals surface area contributed by atoms with E-state index < -0.39 is 42.6 Å². The fourth-order valence-corrected chi connectivity index (χ4v) is 1.28. The van der Waals surface area contributed by atoms with Gasteiger partial charge in [-0.25, -0.2) is 4.79 Å². The van der Waals surface area contributed by atoms with Crippen LogP contribution in [-0.2, 0) is 28.6 Å². The van der Waals surface area contributed by atoms with Crippen molar-refractivity contribution in [2.75, 3.05) is 6.61 Å². The number of carbonyl (C=O) groups is 3. The summed E-state index contributed by atoms with van der Waals surface area (Å²) in [4.78, 5) is 32.0. The van der Waals surface area contributed by atoms with Crippen molar-refractivity contribution in [1.29, 1.82) is 0 Å². The van der Waals surface area contributed by atoms with E-state index in [4.69, 9.17) is 0 Å². The molecule has 1 aliphatic rings. The van der Waals surface area contributed by atoms with Gasteiger partial charge in [0.25, 0.3) is 0 Å². The van der Waals surface area contributed by atoms with Gasteiger partial charge in [0.15, 0.2) is 6.10 Å². The van der Waals surface area contributed by atoms with Gasteiger partial charge in [-0.1, -0.05) is 0 Å². The Labute approximate surface area is 94.8 Å². The molecule has 0 saturated carbocycles. The second-order valence-corrected chi connectivity index (χ2v) is 3.40. The molecule has 0 radical (unpaired) electrons. The van der Waals surface area contributed by atoms with E-state index in [0.29, 0.717) is 0 Å². The lowest BCUT2D eigenvalue weighted by Gasteiger charge is -2.19. The van der Waals surface area contributed by atoms with Gasteiger partial charge in [-0.15, -0.1) is 0 Å². The minimum Gasteiger partial charge on any atom is -0.462 e. The minimum absolute atomic E-state index is 0.589. The summed E-state index contributed by atoms with van der Waals surface area (Å²) in [6.45, 7) is 1.39. The Kier molecular flexibility index (Phi) is 3.64. The molecule has 0 aromatic carbocycles. The molecule has 0 amide bonds. The highest BCUT2D eigenvalue weighted by Gasteiger charge is 2.62. The summed E-state index contributed by atoms with van der Waals surface area (Å²) in [5, 5.41) is 0. The van der Waals surface area contributed by atoms with Gasteiger partial charge in [0.05, 0.1) is 0 Å². The molecule has 96 valence electrons. The van der Waals surface area contributed by atoms with Crippen molar-refractivity contribution >= 4 is 17.9 Å². The van der Waals surface area contributed by atoms with Crippen LogP contribution in [0.2, 0.25) is 0 Å². The molecule has 17 heavy (non-hydrogen) atoms. The molecule has 1 aliphatic heterocycles. The molecule has 6 nitrogen and oxygen atoms in total. The zero-order valence-corrected chi connectivity index (χ0v) is 9.07. The van der Waals surface area contributed by atoms with Crippen LogP contribution >= 0.6 is 0 Å². The zero-order chi connectivity index (χ0) is 13.2. The number of ether oxygens (including phenoxy) is 3. The number of cyclic esters (lactones) is 1. The van der Waals surface area contributed by atoms with Crippen LogP contribution in [0.1, 0.15) is 13.8 Å². The second kappa shape index (κ2) is 4.64. The Morgan fingerprint density at radius 2 is 1.94 bits per heavy atom. The fourth-order valence-electron chi connectivity index (χ4n) is 1.28. The molecule has 0 aromatic rings. The van der Waals surface area contributed by atoms with E-state index >= 15 is 0 Å². The monoisotopic (exact) mass is 252 g/mol. The van der Waals surface area contributed by atoms with Crippen molar-refractivity contribution in [3.63, 3.8) is 0 Å². The summed E-state index contributed by atoms with van der Waals surface area (Å²) in [6, 6.07) is 0. The molecular formula is C9H10F2O6. The highest BCUT2D eigenvalue weighted by atomic mass is 19.3. The highest BCUT2D eigenvalue weighted by molar-refractivity contribution is 5.82. The molecule has 1 heterocycles. The maximum absolute atomic E-state index is 13.2. The second-order valence-electron chi connectivity index (χ2n) is 3.40. The van der Waals surface area contributed by atoms with Crippen LogP contribution in [0.5, 0.6) is 0 Å². The van der Waals surface area contributed by atoms with Crippen LogP contribution in [-0.4, -0.2) is 42.6 Å². The molecule has 0 spiro atoms. The van der Waals surface area contributed by atoms with Crippen molar-refractivity contribution < 1.29 is 37.4 Å². The van der Waals surface area contributed by atoms with E-state index in [-0.39, 0.29) is 0 Å². The van der Waals surface area contributed by atoms with Gasteiger partial charge in [-0.3, -0.25) is 9.59 Å². The molecule has 8 heteroatoms. The van der Waals surface area contributed by atoms with Gasteiger partial charge in [-0.2, -0.15) is 8.78 Å². The lowest BCUT2D eigenvalue weighted by Crippen LogP contribution is -2.42. The van der Waals surface area contributed by atoms with E-state index in [1.807, 2.05) is 0 Å². The Bertz CT molecular complexity index is 353. The minimum atomic E-state index is -3.93. The highest BCUT2D eigenvalue weighted by Crippen LogP contribution is 2.34. The Hall–Kier alpha value is -1.73. The summed E-state index contributed by atoms with van der Waals surface area (Å²) >= 11 is 0. The maximum atomic E-state index is 13.2. The van der Waals surface area contributed by atoms with Crippen molar-refractivity contribution in [2.45, 2.75) is 32.0 Å². The van der Waals surface area contributed by atoms with Crippen LogP contribution in [0.25, 0.3) is 0 Å².